The zero-order valence-corrected chi connectivity index (χ0v) is 21.3. The Bertz CT molecular complexity index is 1300. The van der Waals surface area contributed by atoms with E-state index < -0.39 is 12.0 Å². The van der Waals surface area contributed by atoms with Gasteiger partial charge in [-0.05, 0) is 55.0 Å². The maximum absolute atomic E-state index is 13.2. The molecule has 0 saturated carbocycles. The van der Waals surface area contributed by atoms with Crippen molar-refractivity contribution < 1.29 is 18.7 Å². The molecule has 0 aromatic heterocycles. The van der Waals surface area contributed by atoms with Crippen molar-refractivity contribution in [2.45, 2.75) is 39.8 Å². The summed E-state index contributed by atoms with van der Waals surface area (Å²) in [5.41, 5.74) is 5.65. The van der Waals surface area contributed by atoms with E-state index in [4.69, 9.17) is 4.74 Å². The fourth-order valence-corrected chi connectivity index (χ4v) is 5.26. The predicted octanol–water partition coefficient (Wildman–Crippen LogP) is 5.45. The topological polar surface area (TPSA) is 71.0 Å². The zero-order valence-electron chi connectivity index (χ0n) is 20.5. The summed E-state index contributed by atoms with van der Waals surface area (Å²) in [6.45, 7) is 9.85. The number of nitrogens with one attached hydrogen (secondary N) is 1. The first-order chi connectivity index (χ1) is 17.3. The number of aryl methyl sites for hydroxylation is 2. The number of fused-ring (bicyclic) bond motifs is 1. The van der Waals surface area contributed by atoms with Crippen LogP contribution in [0.25, 0.3) is 0 Å². The lowest BCUT2D eigenvalue weighted by molar-refractivity contribution is -0.138. The van der Waals surface area contributed by atoms with Gasteiger partial charge in [0.15, 0.2) is 5.17 Å². The van der Waals surface area contributed by atoms with Crippen molar-refractivity contribution in [2.75, 3.05) is 6.61 Å². The van der Waals surface area contributed by atoms with Crippen LogP contribution >= 0.6 is 11.8 Å². The molecule has 36 heavy (non-hydrogen) atoms. The third-order valence-electron chi connectivity index (χ3n) is 6.02. The number of allylic oxidation sites excluding steroid dienone is 1. The number of hydrogen-bond acceptors (Lipinski definition) is 6. The van der Waals surface area contributed by atoms with Crippen LogP contribution in [0.5, 0.6) is 0 Å². The average Bonchev–Trinajstić information content (AvgIpc) is 3.23. The number of aliphatic imine (C=N–C) groups is 1. The van der Waals surface area contributed by atoms with E-state index in [1.807, 2.05) is 36.3 Å². The van der Waals surface area contributed by atoms with Crippen LogP contribution in [0.15, 0.2) is 82.5 Å². The van der Waals surface area contributed by atoms with Crippen molar-refractivity contribution in [2.24, 2.45) is 4.99 Å². The Morgan fingerprint density at radius 1 is 1.19 bits per heavy atom. The average molecular weight is 506 g/mol. The number of amidine groups is 1. The summed E-state index contributed by atoms with van der Waals surface area (Å²) in [5, 5.41) is 5.50. The second kappa shape index (κ2) is 11.0. The smallest absolute Gasteiger partial charge is 0.338 e. The first-order valence-corrected chi connectivity index (χ1v) is 12.5. The Balaban J connectivity index is 1.62. The van der Waals surface area contributed by atoms with E-state index in [1.165, 1.54) is 30.0 Å². The Morgan fingerprint density at radius 2 is 1.94 bits per heavy atom. The maximum Gasteiger partial charge on any atom is 0.338 e. The number of nitrogens with zero attached hydrogens (tertiary/aromatic N) is 2. The van der Waals surface area contributed by atoms with Crippen molar-refractivity contribution in [3.8, 4) is 0 Å². The molecule has 8 heteroatoms. The number of hydrogen-bond donors (Lipinski definition) is 1. The summed E-state index contributed by atoms with van der Waals surface area (Å²) in [7, 11) is 0. The summed E-state index contributed by atoms with van der Waals surface area (Å²) in [4.78, 5) is 32.7. The van der Waals surface area contributed by atoms with Gasteiger partial charge < -0.3 is 15.0 Å². The molecule has 0 saturated heterocycles. The molecule has 0 aliphatic carbocycles. The van der Waals surface area contributed by atoms with Gasteiger partial charge in [0.1, 0.15) is 12.4 Å². The third-order valence-corrected chi connectivity index (χ3v) is 6.91. The van der Waals surface area contributed by atoms with Gasteiger partial charge in [0.2, 0.25) is 5.91 Å². The molecule has 0 bridgehead atoms. The molecule has 1 amide bonds. The first kappa shape index (κ1) is 25.4. The van der Waals surface area contributed by atoms with Gasteiger partial charge >= 0.3 is 5.97 Å². The van der Waals surface area contributed by atoms with E-state index in [0.29, 0.717) is 23.0 Å². The number of rotatable bonds is 8. The molecule has 2 heterocycles. The lowest BCUT2D eigenvalue weighted by Gasteiger charge is -2.37. The highest BCUT2D eigenvalue weighted by Crippen LogP contribution is 2.45. The van der Waals surface area contributed by atoms with Crippen LogP contribution in [0.1, 0.15) is 41.6 Å². The standard InChI is InChI=1S/C28H28FN3O3S/c1-5-12-35-27(34)25-19(4)31-28-32(26(25)23-11-6-17(2)13-18(23)3)22(16-36-28)14-24(33)30-15-20-7-9-21(29)10-8-20/h5-11,13,16,26H,1,12,14-15H2,2-4H3,(H,30,33). The van der Waals surface area contributed by atoms with Crippen molar-refractivity contribution in [3.63, 3.8) is 0 Å². The highest BCUT2D eigenvalue weighted by atomic mass is 32.2. The van der Waals surface area contributed by atoms with Crippen LogP contribution in [0, 0.1) is 19.7 Å². The summed E-state index contributed by atoms with van der Waals surface area (Å²) in [6, 6.07) is 11.6. The summed E-state index contributed by atoms with van der Waals surface area (Å²) >= 11 is 1.43. The SMILES string of the molecule is C=CCOC(=O)C1=C(C)N=C2SC=C(CC(=O)NCc3ccc(F)cc3)N2C1c1ccc(C)cc1C. The third kappa shape index (κ3) is 5.44. The minimum Gasteiger partial charge on any atom is -0.458 e. The van der Waals surface area contributed by atoms with Gasteiger partial charge in [0.05, 0.1) is 23.7 Å². The number of carbonyl (C=O) groups is 2. The molecule has 4 rings (SSSR count). The van der Waals surface area contributed by atoms with E-state index in [0.717, 1.165) is 28.0 Å². The molecule has 6 nitrogen and oxygen atoms in total. The maximum atomic E-state index is 13.2. The fraction of sp³-hybridized carbons (Fsp3) is 0.250. The number of ether oxygens (including phenoxy) is 1. The number of amides is 1. The minimum atomic E-state index is -0.485. The van der Waals surface area contributed by atoms with Crippen molar-refractivity contribution >= 4 is 28.8 Å². The summed E-state index contributed by atoms with van der Waals surface area (Å²) in [5.74, 6) is -0.968. The fourth-order valence-electron chi connectivity index (χ4n) is 4.30. The summed E-state index contributed by atoms with van der Waals surface area (Å²) < 4.78 is 18.6. The Morgan fingerprint density at radius 3 is 2.64 bits per heavy atom. The molecule has 0 fully saturated rings. The van der Waals surface area contributed by atoms with Crippen LogP contribution in [0.4, 0.5) is 4.39 Å². The monoisotopic (exact) mass is 505 g/mol. The largest absolute Gasteiger partial charge is 0.458 e. The highest BCUT2D eigenvalue weighted by Gasteiger charge is 2.41. The number of thioether (sulfide) groups is 1. The summed E-state index contributed by atoms with van der Waals surface area (Å²) in [6.07, 6.45) is 1.63. The van der Waals surface area contributed by atoms with Crippen LogP contribution in [0.2, 0.25) is 0 Å². The molecule has 1 N–H and O–H groups in total. The van der Waals surface area contributed by atoms with Gasteiger partial charge in [0.25, 0.3) is 0 Å². The molecular formula is C28H28FN3O3S. The van der Waals surface area contributed by atoms with Gasteiger partial charge in [-0.1, -0.05) is 60.3 Å². The van der Waals surface area contributed by atoms with Crippen LogP contribution < -0.4 is 5.32 Å². The van der Waals surface area contributed by atoms with Gasteiger partial charge in [-0.15, -0.1) is 0 Å². The number of benzene rings is 2. The van der Waals surface area contributed by atoms with Gasteiger partial charge in [-0.25, -0.2) is 14.2 Å². The van der Waals surface area contributed by atoms with E-state index in [1.54, 1.807) is 19.1 Å². The predicted molar refractivity (Wildman–Crippen MR) is 140 cm³/mol. The normalized spacial score (nSPS) is 16.8. The van der Waals surface area contributed by atoms with Gasteiger partial charge in [-0.3, -0.25) is 4.79 Å². The van der Waals surface area contributed by atoms with E-state index in [-0.39, 0.29) is 24.8 Å². The van der Waals surface area contributed by atoms with E-state index in [2.05, 4.69) is 23.0 Å². The Hall–Kier alpha value is -3.65. The van der Waals surface area contributed by atoms with Crippen molar-refractivity contribution in [1.82, 2.24) is 10.2 Å². The van der Waals surface area contributed by atoms with E-state index >= 15 is 0 Å². The molecule has 2 aliphatic heterocycles. The number of esters is 1. The molecule has 2 aromatic rings. The molecule has 186 valence electrons. The minimum absolute atomic E-state index is 0.0923. The molecule has 1 atom stereocenters. The Labute approximate surface area is 214 Å². The van der Waals surface area contributed by atoms with Gasteiger partial charge in [0, 0.05) is 12.2 Å². The molecule has 0 radical (unpaired) electrons. The number of carbonyl (C=O) groups excluding carboxylic acids is 2. The second-order valence-electron chi connectivity index (χ2n) is 8.72. The lowest BCUT2D eigenvalue weighted by Crippen LogP contribution is -2.38. The molecular weight excluding hydrogens is 477 g/mol. The van der Waals surface area contributed by atoms with Crippen LogP contribution in [0.3, 0.4) is 0 Å². The quantitative estimate of drug-likeness (QED) is 0.381. The zero-order chi connectivity index (χ0) is 25.8. The van der Waals surface area contributed by atoms with Gasteiger partial charge in [-0.2, -0.15) is 0 Å². The first-order valence-electron chi connectivity index (χ1n) is 11.6. The lowest BCUT2D eigenvalue weighted by atomic mass is 9.90. The molecule has 0 spiro atoms. The molecule has 1 unspecified atom stereocenters. The highest BCUT2D eigenvalue weighted by molar-refractivity contribution is 8.16. The van der Waals surface area contributed by atoms with Crippen LogP contribution in [-0.2, 0) is 20.9 Å². The second-order valence-corrected chi connectivity index (χ2v) is 9.56. The number of halogens is 1. The van der Waals surface area contributed by atoms with Crippen molar-refractivity contribution in [1.29, 1.82) is 0 Å². The Kier molecular flexibility index (Phi) is 7.74. The molecule has 2 aliphatic rings. The van der Waals surface area contributed by atoms with Crippen LogP contribution in [-0.4, -0.2) is 28.6 Å². The van der Waals surface area contributed by atoms with Crippen molar-refractivity contribution in [3.05, 3.63) is 106 Å². The van der Waals surface area contributed by atoms with E-state index in [9.17, 15) is 14.0 Å². The molecule has 2 aromatic carbocycles.